The molecule has 2 atom stereocenters. The Bertz CT molecular complexity index is 2520. The quantitative estimate of drug-likeness (QED) is 0.147. The van der Waals surface area contributed by atoms with Crippen molar-refractivity contribution < 1.29 is 41.4 Å². The number of hydrogen-bond acceptors (Lipinski definition) is 10. The maximum atomic E-state index is 14.9. The topological polar surface area (TPSA) is 174 Å². The predicted molar refractivity (Wildman–Crippen MR) is 217 cm³/mol. The average Bonchev–Trinajstić information content (AvgIpc) is 3.26. The van der Waals surface area contributed by atoms with Crippen molar-refractivity contribution in [3.63, 3.8) is 0 Å². The van der Waals surface area contributed by atoms with Crippen LogP contribution in [-0.2, 0) is 4.74 Å². The van der Waals surface area contributed by atoms with Gasteiger partial charge in [-0.05, 0) is 59.4 Å². The Balaban J connectivity index is 0.000000185. The highest BCUT2D eigenvalue weighted by Crippen LogP contribution is 2.33. The number of alkyl halides is 3. The van der Waals surface area contributed by atoms with Crippen LogP contribution in [0.5, 0.6) is 0 Å². The molecule has 12 nitrogen and oxygen atoms in total. The first-order valence-corrected chi connectivity index (χ1v) is 19.2. The molecule has 314 valence electrons. The van der Waals surface area contributed by atoms with Gasteiger partial charge in [0.25, 0.3) is 11.8 Å². The number of ether oxygens (including phenoxy) is 1. The summed E-state index contributed by atoms with van der Waals surface area (Å²) in [5.41, 5.74) is 15.2. The van der Waals surface area contributed by atoms with Gasteiger partial charge in [0.05, 0.1) is 19.3 Å². The van der Waals surface area contributed by atoms with E-state index in [1.165, 1.54) is 49.1 Å². The monoisotopic (exact) mass is 838 g/mol. The molecular formula is C44H39F5N8O4. The summed E-state index contributed by atoms with van der Waals surface area (Å²) in [6.45, 7) is 0.141. The SMILES string of the molecule is Nc1ncc(-c2ccc(-c3ccccc3C(=O)N3CCC[C@H](O)C3)cc2F)cn1.Nc1ncc(-c2ccc(-c3ccccc3C(=O)N3CCOC(C(F)(F)F)C3)cc2F)cn1. The van der Waals surface area contributed by atoms with E-state index in [9.17, 15) is 36.6 Å². The minimum absolute atomic E-state index is 0.0319. The van der Waals surface area contributed by atoms with E-state index in [2.05, 4.69) is 19.9 Å². The van der Waals surface area contributed by atoms with Crippen LogP contribution in [0.25, 0.3) is 44.5 Å². The van der Waals surface area contributed by atoms with Gasteiger partial charge in [-0.25, -0.2) is 28.7 Å². The van der Waals surface area contributed by atoms with Crippen molar-refractivity contribution in [2.24, 2.45) is 0 Å². The highest BCUT2D eigenvalue weighted by molar-refractivity contribution is 6.02. The molecule has 0 radical (unpaired) electrons. The van der Waals surface area contributed by atoms with Gasteiger partial charge in [-0.1, -0.05) is 60.7 Å². The molecule has 2 aliphatic heterocycles. The number of nitrogens with two attached hydrogens (primary N) is 2. The highest BCUT2D eigenvalue weighted by Gasteiger charge is 2.44. The molecule has 61 heavy (non-hydrogen) atoms. The number of aromatic nitrogens is 4. The number of benzene rings is 4. The summed E-state index contributed by atoms with van der Waals surface area (Å²) >= 11 is 0. The van der Waals surface area contributed by atoms with E-state index in [-0.39, 0.29) is 42.1 Å². The largest absolute Gasteiger partial charge is 0.416 e. The molecule has 17 heteroatoms. The molecule has 0 aliphatic carbocycles. The van der Waals surface area contributed by atoms with Crippen molar-refractivity contribution in [1.82, 2.24) is 29.7 Å². The van der Waals surface area contributed by atoms with Gasteiger partial charge in [0, 0.05) is 77.8 Å². The number of anilines is 2. The minimum Gasteiger partial charge on any atom is -0.391 e. The van der Waals surface area contributed by atoms with E-state index in [0.29, 0.717) is 64.0 Å². The molecule has 2 fully saturated rings. The van der Waals surface area contributed by atoms with Crippen LogP contribution in [0.4, 0.5) is 33.8 Å². The summed E-state index contributed by atoms with van der Waals surface area (Å²) in [6.07, 6.45) is 0.1000. The normalized spacial score (nSPS) is 16.7. The summed E-state index contributed by atoms with van der Waals surface area (Å²) < 4.78 is 73.6. The zero-order chi connectivity index (χ0) is 43.3. The number of carbonyl (C=O) groups is 2. The summed E-state index contributed by atoms with van der Waals surface area (Å²) in [5.74, 6) is -1.55. The summed E-state index contributed by atoms with van der Waals surface area (Å²) in [6, 6.07) is 22.8. The van der Waals surface area contributed by atoms with Crippen molar-refractivity contribution in [1.29, 1.82) is 0 Å². The number of rotatable bonds is 6. The Labute approximate surface area is 346 Å². The second kappa shape index (κ2) is 18.2. The zero-order valence-corrected chi connectivity index (χ0v) is 32.4. The van der Waals surface area contributed by atoms with Crippen LogP contribution in [0.1, 0.15) is 33.6 Å². The molecule has 0 spiro atoms. The van der Waals surface area contributed by atoms with Gasteiger partial charge in [0.1, 0.15) is 11.6 Å². The van der Waals surface area contributed by atoms with Crippen LogP contribution in [0, 0.1) is 11.6 Å². The fraction of sp³-hybridized carbons (Fsp3) is 0.227. The van der Waals surface area contributed by atoms with Crippen molar-refractivity contribution in [2.45, 2.75) is 31.2 Å². The highest BCUT2D eigenvalue weighted by atomic mass is 19.4. The lowest BCUT2D eigenvalue weighted by Crippen LogP contribution is -2.51. The fourth-order valence-electron chi connectivity index (χ4n) is 7.14. The van der Waals surface area contributed by atoms with Crippen LogP contribution < -0.4 is 11.5 Å². The lowest BCUT2D eigenvalue weighted by molar-refractivity contribution is -0.233. The van der Waals surface area contributed by atoms with Crippen molar-refractivity contribution in [3.8, 4) is 44.5 Å². The maximum Gasteiger partial charge on any atom is 0.416 e. The van der Waals surface area contributed by atoms with Crippen LogP contribution in [-0.4, -0.2) is 97.8 Å². The van der Waals surface area contributed by atoms with Crippen LogP contribution in [0.2, 0.25) is 0 Å². The lowest BCUT2D eigenvalue weighted by Gasteiger charge is -2.34. The number of β-amino-alcohol motifs (C(OH)–C–C–N with tert-alkyl or cyclic N) is 1. The number of halogens is 5. The van der Waals surface area contributed by atoms with E-state index >= 15 is 0 Å². The zero-order valence-electron chi connectivity index (χ0n) is 32.4. The number of likely N-dealkylation sites (tertiary alicyclic amines) is 1. The number of nitrogens with zero attached hydrogens (tertiary/aromatic N) is 6. The standard InChI is InChI=1S/C22H18F4N4O2.C22H21FN4O2/c23-18-9-13(5-6-16(18)14-10-28-21(27)29-11-14)15-3-1-2-4-17(15)20(31)30-7-8-32-19(12-30)22(24,25)26;23-20-10-14(7-8-18(20)15-11-25-22(24)26-12-15)17-5-1-2-6-19(17)21(29)27-9-3-4-16(28)13-27/h1-6,9-11,19H,7-8,12H2,(H2,27,28,29);1-2,5-8,10-12,16,28H,3-4,9,13H2,(H2,24,25,26)/t;16-/m.0/s1. The molecule has 8 rings (SSSR count). The number of aliphatic hydroxyl groups is 1. The Hall–Kier alpha value is -6.85. The molecule has 0 saturated carbocycles. The fourth-order valence-corrected chi connectivity index (χ4v) is 7.14. The number of amides is 2. The van der Waals surface area contributed by atoms with Gasteiger partial charge < -0.3 is 31.1 Å². The summed E-state index contributed by atoms with van der Waals surface area (Å²) in [5, 5.41) is 9.89. The molecular weight excluding hydrogens is 800 g/mol. The Morgan fingerprint density at radius 2 is 1.10 bits per heavy atom. The summed E-state index contributed by atoms with van der Waals surface area (Å²) in [7, 11) is 0. The smallest absolute Gasteiger partial charge is 0.391 e. The van der Waals surface area contributed by atoms with Gasteiger partial charge >= 0.3 is 6.18 Å². The second-order valence-electron chi connectivity index (χ2n) is 14.3. The molecule has 2 amide bonds. The van der Waals surface area contributed by atoms with Crippen molar-refractivity contribution >= 4 is 23.7 Å². The third-order valence-electron chi connectivity index (χ3n) is 10.2. The lowest BCUT2D eigenvalue weighted by atomic mass is 9.96. The van der Waals surface area contributed by atoms with Crippen molar-refractivity contribution in [3.05, 3.63) is 132 Å². The molecule has 1 unspecified atom stereocenters. The molecule has 2 saturated heterocycles. The Morgan fingerprint density at radius 1 is 0.639 bits per heavy atom. The van der Waals surface area contributed by atoms with E-state index in [1.54, 1.807) is 59.5 Å². The number of aliphatic hydroxyl groups excluding tert-OH is 1. The maximum absolute atomic E-state index is 14.9. The first kappa shape index (κ1) is 42.3. The van der Waals surface area contributed by atoms with E-state index in [4.69, 9.17) is 16.2 Å². The third-order valence-corrected chi connectivity index (χ3v) is 10.2. The number of nitrogen functional groups attached to an aromatic ring is 2. The summed E-state index contributed by atoms with van der Waals surface area (Å²) in [4.78, 5) is 44.4. The first-order valence-electron chi connectivity index (χ1n) is 19.2. The molecule has 4 heterocycles. The van der Waals surface area contributed by atoms with Crippen molar-refractivity contribution in [2.75, 3.05) is 44.3 Å². The molecule has 0 bridgehead atoms. The minimum atomic E-state index is -4.57. The molecule has 2 aliphatic rings. The molecule has 6 aromatic rings. The van der Waals surface area contributed by atoms with E-state index in [1.807, 2.05) is 6.07 Å². The average molecular weight is 839 g/mol. The first-order chi connectivity index (χ1) is 29.3. The molecule has 4 aromatic carbocycles. The van der Waals surface area contributed by atoms with Gasteiger partial charge in [-0.3, -0.25) is 9.59 Å². The van der Waals surface area contributed by atoms with E-state index in [0.717, 1.165) is 11.3 Å². The Kier molecular flexibility index (Phi) is 12.6. The van der Waals surface area contributed by atoms with Gasteiger partial charge in [0.2, 0.25) is 11.9 Å². The van der Waals surface area contributed by atoms with E-state index < -0.39 is 42.5 Å². The number of piperidine rings is 1. The Morgan fingerprint density at radius 3 is 1.54 bits per heavy atom. The van der Waals surface area contributed by atoms with Crippen LogP contribution in [0.15, 0.2) is 110 Å². The number of morpholine rings is 1. The van der Waals surface area contributed by atoms with Gasteiger partial charge in [-0.2, -0.15) is 13.2 Å². The van der Waals surface area contributed by atoms with Crippen LogP contribution >= 0.6 is 0 Å². The molecule has 2 aromatic heterocycles. The number of carbonyl (C=O) groups excluding carboxylic acids is 2. The second-order valence-corrected chi connectivity index (χ2v) is 14.3. The molecule has 5 N–H and O–H groups in total. The number of hydrogen-bond donors (Lipinski definition) is 3. The predicted octanol–water partition coefficient (Wildman–Crippen LogP) is 7.06. The van der Waals surface area contributed by atoms with Gasteiger partial charge in [-0.15, -0.1) is 0 Å². The van der Waals surface area contributed by atoms with Gasteiger partial charge in [0.15, 0.2) is 6.10 Å². The van der Waals surface area contributed by atoms with Crippen LogP contribution in [0.3, 0.4) is 0 Å². The third kappa shape index (κ3) is 9.80.